The molecule has 0 N–H and O–H groups in total. The number of piperazine rings is 1. The molecule has 122 valence electrons. The molecule has 7 heteroatoms. The molecule has 1 aromatic heterocycles. The van der Waals surface area contributed by atoms with Crippen LogP contribution in [0.3, 0.4) is 0 Å². The fourth-order valence-corrected chi connectivity index (χ4v) is 2.66. The lowest BCUT2D eigenvalue weighted by Crippen LogP contribution is -2.46. The van der Waals surface area contributed by atoms with Gasteiger partial charge >= 0.3 is 6.18 Å². The van der Waals surface area contributed by atoms with Gasteiger partial charge in [-0.05, 0) is 31.2 Å². The predicted molar refractivity (Wildman–Crippen MR) is 82.6 cm³/mol. The highest BCUT2D eigenvalue weighted by atomic mass is 19.4. The molecule has 3 rings (SSSR count). The summed E-state index contributed by atoms with van der Waals surface area (Å²) in [5, 5.41) is 0. The van der Waals surface area contributed by atoms with E-state index in [-0.39, 0.29) is 0 Å². The summed E-state index contributed by atoms with van der Waals surface area (Å²) in [5.74, 6) is 0.845. The minimum absolute atomic E-state index is 0.616. The second-order valence-corrected chi connectivity index (χ2v) is 5.54. The van der Waals surface area contributed by atoms with Crippen LogP contribution in [-0.2, 0) is 6.18 Å². The molecule has 2 aromatic rings. The minimum atomic E-state index is -4.29. The molecule has 0 saturated carbocycles. The van der Waals surface area contributed by atoms with Crippen molar-refractivity contribution >= 4 is 11.5 Å². The second kappa shape index (κ2) is 6.06. The van der Waals surface area contributed by atoms with Crippen LogP contribution in [0.2, 0.25) is 0 Å². The van der Waals surface area contributed by atoms with E-state index in [4.69, 9.17) is 0 Å². The number of nitrogens with zero attached hydrogens (tertiary/aromatic N) is 4. The summed E-state index contributed by atoms with van der Waals surface area (Å²) in [6.07, 6.45) is -0.843. The predicted octanol–water partition coefficient (Wildman–Crippen LogP) is 3.13. The number of halogens is 3. The number of aromatic nitrogens is 2. The highest BCUT2D eigenvalue weighted by molar-refractivity contribution is 5.50. The number of hydrogen-bond acceptors (Lipinski definition) is 4. The van der Waals surface area contributed by atoms with Gasteiger partial charge in [0, 0.05) is 38.1 Å². The first-order valence-electron chi connectivity index (χ1n) is 7.39. The van der Waals surface area contributed by atoms with E-state index in [2.05, 4.69) is 19.8 Å². The van der Waals surface area contributed by atoms with Crippen LogP contribution >= 0.6 is 0 Å². The van der Waals surface area contributed by atoms with Gasteiger partial charge in [0.15, 0.2) is 0 Å². The number of hydrogen-bond donors (Lipinski definition) is 0. The average molecular weight is 322 g/mol. The SMILES string of the molecule is Cc1cncc(N2CCN(c3ccc(C(F)(F)F)cc3)CC2)n1. The third kappa shape index (κ3) is 3.55. The molecule has 2 heterocycles. The molecule has 1 aliphatic rings. The van der Waals surface area contributed by atoms with Crippen molar-refractivity contribution in [2.24, 2.45) is 0 Å². The van der Waals surface area contributed by atoms with Gasteiger partial charge in [-0.15, -0.1) is 0 Å². The Labute approximate surface area is 132 Å². The number of rotatable bonds is 2. The van der Waals surface area contributed by atoms with Crippen molar-refractivity contribution in [3.63, 3.8) is 0 Å². The Bertz CT molecular complexity index is 662. The molecule has 23 heavy (non-hydrogen) atoms. The molecule has 0 atom stereocenters. The highest BCUT2D eigenvalue weighted by Gasteiger charge is 2.30. The van der Waals surface area contributed by atoms with E-state index < -0.39 is 11.7 Å². The lowest BCUT2D eigenvalue weighted by molar-refractivity contribution is -0.137. The Morgan fingerprint density at radius 1 is 0.913 bits per heavy atom. The van der Waals surface area contributed by atoms with Gasteiger partial charge in [-0.1, -0.05) is 0 Å². The zero-order valence-electron chi connectivity index (χ0n) is 12.7. The van der Waals surface area contributed by atoms with Crippen molar-refractivity contribution in [1.82, 2.24) is 9.97 Å². The second-order valence-electron chi connectivity index (χ2n) is 5.54. The molecule has 0 radical (unpaired) electrons. The highest BCUT2D eigenvalue weighted by Crippen LogP contribution is 2.30. The number of benzene rings is 1. The van der Waals surface area contributed by atoms with E-state index in [9.17, 15) is 13.2 Å². The molecular formula is C16H17F3N4. The van der Waals surface area contributed by atoms with Crippen LogP contribution in [-0.4, -0.2) is 36.1 Å². The monoisotopic (exact) mass is 322 g/mol. The Kier molecular flexibility index (Phi) is 4.11. The summed E-state index contributed by atoms with van der Waals surface area (Å²) in [4.78, 5) is 12.8. The van der Waals surface area contributed by atoms with Crippen LogP contribution in [0.15, 0.2) is 36.7 Å². The van der Waals surface area contributed by atoms with Gasteiger partial charge < -0.3 is 9.80 Å². The van der Waals surface area contributed by atoms with Gasteiger partial charge in [-0.2, -0.15) is 13.2 Å². The summed E-state index contributed by atoms with van der Waals surface area (Å²) >= 11 is 0. The van der Waals surface area contributed by atoms with E-state index >= 15 is 0 Å². The fourth-order valence-electron chi connectivity index (χ4n) is 2.66. The Morgan fingerprint density at radius 3 is 2.09 bits per heavy atom. The molecule has 0 bridgehead atoms. The Balaban J connectivity index is 1.65. The van der Waals surface area contributed by atoms with Crippen molar-refractivity contribution in [1.29, 1.82) is 0 Å². The zero-order valence-corrected chi connectivity index (χ0v) is 12.7. The molecule has 1 aliphatic heterocycles. The van der Waals surface area contributed by atoms with Crippen LogP contribution in [0, 0.1) is 6.92 Å². The molecule has 1 saturated heterocycles. The van der Waals surface area contributed by atoms with E-state index in [1.54, 1.807) is 12.4 Å². The standard InChI is InChI=1S/C16H17F3N4/c1-12-10-20-11-15(21-12)23-8-6-22(7-9-23)14-4-2-13(3-5-14)16(17,18)19/h2-5,10-11H,6-9H2,1H3. The fraction of sp³-hybridized carbons (Fsp3) is 0.375. The normalized spacial score (nSPS) is 15.8. The van der Waals surface area contributed by atoms with Crippen molar-refractivity contribution in [3.8, 4) is 0 Å². The zero-order chi connectivity index (χ0) is 16.4. The first-order chi connectivity index (χ1) is 10.9. The van der Waals surface area contributed by atoms with Gasteiger partial charge in [0.2, 0.25) is 0 Å². The summed E-state index contributed by atoms with van der Waals surface area (Å²) in [6.45, 7) is 4.90. The number of alkyl halides is 3. The molecule has 0 amide bonds. The molecule has 0 unspecified atom stereocenters. The quantitative estimate of drug-likeness (QED) is 0.850. The van der Waals surface area contributed by atoms with Gasteiger partial charge in [-0.3, -0.25) is 4.98 Å². The molecule has 0 aliphatic carbocycles. The minimum Gasteiger partial charge on any atom is -0.368 e. The molecule has 4 nitrogen and oxygen atoms in total. The Hall–Kier alpha value is -2.31. The Morgan fingerprint density at radius 2 is 1.52 bits per heavy atom. The third-order valence-electron chi connectivity index (χ3n) is 3.91. The smallest absolute Gasteiger partial charge is 0.368 e. The lowest BCUT2D eigenvalue weighted by atomic mass is 10.1. The first kappa shape index (κ1) is 15.6. The average Bonchev–Trinajstić information content (AvgIpc) is 2.54. The van der Waals surface area contributed by atoms with Crippen LogP contribution in [0.25, 0.3) is 0 Å². The van der Waals surface area contributed by atoms with Crippen LogP contribution in [0.5, 0.6) is 0 Å². The van der Waals surface area contributed by atoms with Crippen LogP contribution in [0.1, 0.15) is 11.3 Å². The van der Waals surface area contributed by atoms with Crippen LogP contribution in [0.4, 0.5) is 24.7 Å². The summed E-state index contributed by atoms with van der Waals surface area (Å²) < 4.78 is 37.8. The van der Waals surface area contributed by atoms with Gasteiger partial charge in [0.05, 0.1) is 17.5 Å². The topological polar surface area (TPSA) is 32.3 Å². The molecule has 0 spiro atoms. The van der Waals surface area contributed by atoms with E-state index in [1.165, 1.54) is 12.1 Å². The molecule has 1 aromatic carbocycles. The van der Waals surface area contributed by atoms with E-state index in [0.29, 0.717) is 0 Å². The maximum absolute atomic E-state index is 12.6. The number of anilines is 2. The van der Waals surface area contributed by atoms with Crippen molar-refractivity contribution in [2.45, 2.75) is 13.1 Å². The van der Waals surface area contributed by atoms with Crippen molar-refractivity contribution < 1.29 is 13.2 Å². The largest absolute Gasteiger partial charge is 0.416 e. The molecular weight excluding hydrogens is 305 g/mol. The maximum atomic E-state index is 12.6. The van der Waals surface area contributed by atoms with Gasteiger partial charge in [-0.25, -0.2) is 4.98 Å². The summed E-state index contributed by atoms with van der Waals surface area (Å²) in [7, 11) is 0. The van der Waals surface area contributed by atoms with Crippen molar-refractivity contribution in [3.05, 3.63) is 47.9 Å². The number of aryl methyl sites for hydroxylation is 1. The molecule has 1 fully saturated rings. The van der Waals surface area contributed by atoms with Crippen LogP contribution < -0.4 is 9.80 Å². The van der Waals surface area contributed by atoms with Crippen molar-refractivity contribution in [2.75, 3.05) is 36.0 Å². The summed E-state index contributed by atoms with van der Waals surface area (Å²) in [5.41, 5.74) is 1.07. The third-order valence-corrected chi connectivity index (χ3v) is 3.91. The van der Waals surface area contributed by atoms with E-state index in [0.717, 1.165) is 55.5 Å². The first-order valence-corrected chi connectivity index (χ1v) is 7.39. The van der Waals surface area contributed by atoms with Gasteiger partial charge in [0.1, 0.15) is 5.82 Å². The van der Waals surface area contributed by atoms with Gasteiger partial charge in [0.25, 0.3) is 0 Å². The lowest BCUT2D eigenvalue weighted by Gasteiger charge is -2.36. The summed E-state index contributed by atoms with van der Waals surface area (Å²) in [6, 6.07) is 5.33. The van der Waals surface area contributed by atoms with E-state index in [1.807, 2.05) is 6.92 Å². The maximum Gasteiger partial charge on any atom is 0.416 e.